The molecule has 0 spiro atoms. The van der Waals surface area contributed by atoms with Gasteiger partial charge < -0.3 is 21.0 Å². The zero-order valence-electron chi connectivity index (χ0n) is 18.8. The van der Waals surface area contributed by atoms with Crippen molar-refractivity contribution in [3.63, 3.8) is 0 Å². The van der Waals surface area contributed by atoms with E-state index in [1.807, 2.05) is 12.1 Å². The Labute approximate surface area is 198 Å². The highest BCUT2D eigenvalue weighted by atomic mass is 32.1. The third kappa shape index (κ3) is 5.95. The number of nitrogens with one attached hydrogen (secondary N) is 2. The molecule has 0 amide bonds. The molecule has 4 N–H and O–H groups in total. The van der Waals surface area contributed by atoms with Crippen molar-refractivity contribution in [3.8, 4) is 17.0 Å². The fraction of sp³-hybridized carbons (Fsp3) is 0.250. The van der Waals surface area contributed by atoms with Gasteiger partial charge in [0.25, 0.3) is 0 Å². The molecule has 9 heteroatoms. The molecule has 0 bridgehead atoms. The quantitative estimate of drug-likeness (QED) is 0.213. The summed E-state index contributed by atoms with van der Waals surface area (Å²) in [5, 5.41) is 31.5. The molecule has 0 unspecified atom stereocenters. The lowest BCUT2D eigenvalue weighted by Gasteiger charge is -2.08. The number of rotatable bonds is 9. The molecule has 0 aliphatic rings. The fourth-order valence-electron chi connectivity index (χ4n) is 3.38. The molecule has 0 radical (unpaired) electrons. The first-order valence-electron chi connectivity index (χ1n) is 10.6. The maximum atomic E-state index is 10.9. The molecular weight excluding hydrogens is 438 g/mol. The SMILES string of the molecule is CCCc1ccc(-c2c(O)c(C(C)=NNCC(=S)Nc3ccc(C(=O)O)cc3)nn2C)cc1. The summed E-state index contributed by atoms with van der Waals surface area (Å²) in [6, 6.07) is 14.4. The number of aromatic nitrogens is 2. The average molecular weight is 466 g/mol. The Morgan fingerprint density at radius 1 is 1.15 bits per heavy atom. The molecule has 0 fully saturated rings. The number of hydrogen-bond donors (Lipinski definition) is 4. The minimum absolute atomic E-state index is 0.0722. The van der Waals surface area contributed by atoms with Gasteiger partial charge in [-0.2, -0.15) is 10.2 Å². The summed E-state index contributed by atoms with van der Waals surface area (Å²) in [4.78, 5) is 11.4. The van der Waals surface area contributed by atoms with Crippen LogP contribution in [0.3, 0.4) is 0 Å². The van der Waals surface area contributed by atoms with E-state index in [2.05, 4.69) is 40.0 Å². The van der Waals surface area contributed by atoms with E-state index < -0.39 is 5.97 Å². The van der Waals surface area contributed by atoms with Crippen molar-refractivity contribution < 1.29 is 15.0 Å². The Kier molecular flexibility index (Phi) is 7.78. The van der Waals surface area contributed by atoms with Crippen LogP contribution in [0.4, 0.5) is 5.69 Å². The van der Waals surface area contributed by atoms with Crippen molar-refractivity contribution >= 4 is 34.6 Å². The highest BCUT2D eigenvalue weighted by molar-refractivity contribution is 7.80. The van der Waals surface area contributed by atoms with E-state index in [-0.39, 0.29) is 17.9 Å². The first kappa shape index (κ1) is 23.9. The number of hydrazone groups is 1. The second kappa shape index (κ2) is 10.7. The van der Waals surface area contributed by atoms with Crippen molar-refractivity contribution in [3.05, 3.63) is 65.4 Å². The van der Waals surface area contributed by atoms with Gasteiger partial charge in [0, 0.05) is 18.3 Å². The first-order valence-corrected chi connectivity index (χ1v) is 11.0. The van der Waals surface area contributed by atoms with Gasteiger partial charge in [-0.3, -0.25) is 4.68 Å². The number of anilines is 1. The van der Waals surface area contributed by atoms with Gasteiger partial charge in [-0.05, 0) is 43.2 Å². The smallest absolute Gasteiger partial charge is 0.335 e. The van der Waals surface area contributed by atoms with Crippen LogP contribution in [0, 0.1) is 0 Å². The number of benzene rings is 2. The number of nitrogens with zero attached hydrogens (tertiary/aromatic N) is 3. The average Bonchev–Trinajstić information content (AvgIpc) is 3.09. The molecule has 0 saturated heterocycles. The molecule has 1 heterocycles. The van der Waals surface area contributed by atoms with Crippen molar-refractivity contribution in [1.29, 1.82) is 0 Å². The molecule has 3 aromatic rings. The predicted molar refractivity (Wildman–Crippen MR) is 134 cm³/mol. The highest BCUT2D eigenvalue weighted by Crippen LogP contribution is 2.32. The van der Waals surface area contributed by atoms with Gasteiger partial charge >= 0.3 is 5.97 Å². The van der Waals surface area contributed by atoms with Crippen LogP contribution in [0.1, 0.15) is 41.9 Å². The van der Waals surface area contributed by atoms with Crippen LogP contribution in [0.2, 0.25) is 0 Å². The van der Waals surface area contributed by atoms with E-state index in [1.165, 1.54) is 17.7 Å². The number of carbonyl (C=O) groups is 1. The number of aromatic hydroxyl groups is 1. The molecule has 8 nitrogen and oxygen atoms in total. The van der Waals surface area contributed by atoms with Gasteiger partial charge in [0.2, 0.25) is 0 Å². The molecule has 0 aliphatic heterocycles. The Morgan fingerprint density at radius 2 is 1.82 bits per heavy atom. The maximum Gasteiger partial charge on any atom is 0.335 e. The summed E-state index contributed by atoms with van der Waals surface area (Å²) >= 11 is 5.30. The number of aromatic carboxylic acids is 1. The Morgan fingerprint density at radius 3 is 2.42 bits per heavy atom. The Hall–Kier alpha value is -3.72. The third-order valence-electron chi connectivity index (χ3n) is 5.03. The van der Waals surface area contributed by atoms with Crippen LogP contribution in [-0.2, 0) is 13.5 Å². The zero-order chi connectivity index (χ0) is 24.0. The molecule has 0 saturated carbocycles. The van der Waals surface area contributed by atoms with Gasteiger partial charge in [-0.1, -0.05) is 49.8 Å². The Balaban J connectivity index is 1.64. The number of carboxylic acid groups (broad SMARTS) is 1. The Bertz CT molecular complexity index is 1170. The van der Waals surface area contributed by atoms with Crippen molar-refractivity contribution in [1.82, 2.24) is 15.2 Å². The highest BCUT2D eigenvalue weighted by Gasteiger charge is 2.19. The molecule has 2 aromatic carbocycles. The van der Waals surface area contributed by atoms with Gasteiger partial charge in [0.1, 0.15) is 10.7 Å². The first-order chi connectivity index (χ1) is 15.8. The van der Waals surface area contributed by atoms with Crippen molar-refractivity contribution in [2.24, 2.45) is 12.1 Å². The summed E-state index contributed by atoms with van der Waals surface area (Å²) in [7, 11) is 1.79. The maximum absolute atomic E-state index is 10.9. The van der Waals surface area contributed by atoms with E-state index in [1.54, 1.807) is 30.8 Å². The van der Waals surface area contributed by atoms with Crippen molar-refractivity contribution in [2.45, 2.75) is 26.7 Å². The molecule has 1 aromatic heterocycles. The van der Waals surface area contributed by atoms with E-state index in [9.17, 15) is 9.90 Å². The largest absolute Gasteiger partial charge is 0.504 e. The normalized spacial score (nSPS) is 11.3. The molecule has 33 heavy (non-hydrogen) atoms. The molecule has 0 aliphatic carbocycles. The number of aryl methyl sites for hydroxylation is 2. The van der Waals surface area contributed by atoms with E-state index in [4.69, 9.17) is 17.3 Å². The minimum Gasteiger partial charge on any atom is -0.504 e. The third-order valence-corrected chi connectivity index (χ3v) is 5.28. The lowest BCUT2D eigenvalue weighted by molar-refractivity contribution is 0.0697. The summed E-state index contributed by atoms with van der Waals surface area (Å²) in [5.41, 5.74) is 7.45. The van der Waals surface area contributed by atoms with Crippen LogP contribution in [0.5, 0.6) is 5.75 Å². The number of hydrogen-bond acceptors (Lipinski definition) is 6. The summed E-state index contributed by atoms with van der Waals surface area (Å²) in [6.45, 7) is 4.15. The summed E-state index contributed by atoms with van der Waals surface area (Å²) in [5.74, 6) is -0.909. The van der Waals surface area contributed by atoms with Crippen LogP contribution < -0.4 is 10.7 Å². The second-order valence-electron chi connectivity index (χ2n) is 7.58. The van der Waals surface area contributed by atoms with Gasteiger partial charge in [-0.15, -0.1) is 0 Å². The molecular formula is C24H27N5O3S. The van der Waals surface area contributed by atoms with E-state index >= 15 is 0 Å². The monoisotopic (exact) mass is 465 g/mol. The molecule has 172 valence electrons. The van der Waals surface area contributed by atoms with Crippen LogP contribution >= 0.6 is 12.2 Å². The topological polar surface area (TPSA) is 112 Å². The second-order valence-corrected chi connectivity index (χ2v) is 8.07. The number of carboxylic acids is 1. The number of thiocarbonyl (C=S) groups is 1. The standard InChI is InChI=1S/C24H27N5O3S/c1-4-5-16-6-8-17(9-7-16)22-23(30)21(28-29(22)3)15(2)27-25-14-20(33)26-19-12-10-18(11-13-19)24(31)32/h6-13,25,30H,4-5,14H2,1-3H3,(H,26,33)(H,31,32). The zero-order valence-corrected chi connectivity index (χ0v) is 19.6. The van der Waals surface area contributed by atoms with Crippen LogP contribution in [-0.4, -0.2) is 43.2 Å². The van der Waals surface area contributed by atoms with E-state index in [0.29, 0.717) is 27.8 Å². The lowest BCUT2D eigenvalue weighted by atomic mass is 10.0. The fourth-order valence-corrected chi connectivity index (χ4v) is 3.56. The van der Waals surface area contributed by atoms with Gasteiger partial charge in [0.05, 0.1) is 17.8 Å². The lowest BCUT2D eigenvalue weighted by Crippen LogP contribution is -2.24. The summed E-state index contributed by atoms with van der Waals surface area (Å²) < 4.78 is 1.64. The van der Waals surface area contributed by atoms with Crippen molar-refractivity contribution in [2.75, 3.05) is 11.9 Å². The predicted octanol–water partition coefficient (Wildman–Crippen LogP) is 4.20. The molecule has 3 rings (SSSR count). The molecule has 0 atom stereocenters. The summed E-state index contributed by atoms with van der Waals surface area (Å²) in [6.07, 6.45) is 2.10. The van der Waals surface area contributed by atoms with Gasteiger partial charge in [0.15, 0.2) is 11.4 Å². The van der Waals surface area contributed by atoms with Crippen LogP contribution in [0.15, 0.2) is 53.6 Å². The van der Waals surface area contributed by atoms with E-state index in [0.717, 1.165) is 18.4 Å². The minimum atomic E-state index is -0.981. The van der Waals surface area contributed by atoms with Crippen LogP contribution in [0.25, 0.3) is 11.3 Å². The van der Waals surface area contributed by atoms with Gasteiger partial charge in [-0.25, -0.2) is 4.79 Å².